The van der Waals surface area contributed by atoms with Gasteiger partial charge in [-0.15, -0.1) is 0 Å². The summed E-state index contributed by atoms with van der Waals surface area (Å²) >= 11 is 0. The molecule has 2 amide bonds. The first kappa shape index (κ1) is 13.3. The molecule has 0 aromatic carbocycles. The van der Waals surface area contributed by atoms with E-state index < -0.39 is 9.84 Å². The van der Waals surface area contributed by atoms with Crippen LogP contribution in [0.5, 0.6) is 0 Å². The molecular weight excluding hydrogens is 256 g/mol. The maximum Gasteiger partial charge on any atom is 0.232 e. The molecule has 7 heteroatoms. The first-order valence-corrected chi connectivity index (χ1v) is 7.95. The lowest BCUT2D eigenvalue weighted by Crippen LogP contribution is -2.40. The second-order valence-electron chi connectivity index (χ2n) is 5.08. The van der Waals surface area contributed by atoms with Crippen molar-refractivity contribution in [2.45, 2.75) is 37.8 Å². The van der Waals surface area contributed by atoms with Gasteiger partial charge in [-0.25, -0.2) is 8.42 Å². The van der Waals surface area contributed by atoms with Gasteiger partial charge in [0.15, 0.2) is 9.84 Å². The Labute approximate surface area is 107 Å². The molecule has 2 fully saturated rings. The molecule has 0 radical (unpaired) electrons. The molecule has 2 rings (SSSR count). The zero-order valence-electron chi connectivity index (χ0n) is 10.4. The summed E-state index contributed by atoms with van der Waals surface area (Å²) in [5.41, 5.74) is 0. The molecule has 102 valence electrons. The number of rotatable bonds is 4. The first-order chi connectivity index (χ1) is 8.37. The van der Waals surface area contributed by atoms with Gasteiger partial charge in [-0.05, 0) is 19.3 Å². The van der Waals surface area contributed by atoms with Crippen LogP contribution in [0.3, 0.4) is 0 Å². The number of hydrogen-bond acceptors (Lipinski definition) is 4. The van der Waals surface area contributed by atoms with Crippen LogP contribution in [0.25, 0.3) is 0 Å². The van der Waals surface area contributed by atoms with Crippen LogP contribution >= 0.6 is 0 Å². The molecule has 1 unspecified atom stereocenters. The zero-order valence-corrected chi connectivity index (χ0v) is 11.2. The fourth-order valence-corrected chi connectivity index (χ4v) is 3.83. The van der Waals surface area contributed by atoms with Gasteiger partial charge in [0.05, 0.1) is 11.5 Å². The van der Waals surface area contributed by atoms with Crippen LogP contribution in [0.2, 0.25) is 0 Å². The maximum atomic E-state index is 11.8. The standard InChI is InChI=1S/C11H18N2O4S/c1-13(9-4-5-18(16,17)7-9)11(15)6-10(14)12-8-2-3-8/h8-9H,2-7H2,1H3,(H,12,14). The summed E-state index contributed by atoms with van der Waals surface area (Å²) < 4.78 is 22.7. The van der Waals surface area contributed by atoms with Crippen molar-refractivity contribution in [3.05, 3.63) is 0 Å². The lowest BCUT2D eigenvalue weighted by atomic mass is 10.2. The quantitative estimate of drug-likeness (QED) is 0.687. The summed E-state index contributed by atoms with van der Waals surface area (Å²) in [5, 5.41) is 2.74. The van der Waals surface area contributed by atoms with E-state index in [4.69, 9.17) is 0 Å². The van der Waals surface area contributed by atoms with E-state index >= 15 is 0 Å². The average molecular weight is 274 g/mol. The summed E-state index contributed by atoms with van der Waals surface area (Å²) in [6, 6.07) is -0.0429. The summed E-state index contributed by atoms with van der Waals surface area (Å²) in [7, 11) is -1.44. The minimum absolute atomic E-state index is 0.0134. The highest BCUT2D eigenvalue weighted by Gasteiger charge is 2.33. The molecular formula is C11H18N2O4S. The van der Waals surface area contributed by atoms with Gasteiger partial charge in [-0.3, -0.25) is 9.59 Å². The summed E-state index contributed by atoms with van der Waals surface area (Å²) in [5.74, 6) is -0.436. The number of sulfone groups is 1. The van der Waals surface area contributed by atoms with Crippen LogP contribution in [0, 0.1) is 0 Å². The first-order valence-electron chi connectivity index (χ1n) is 6.13. The zero-order chi connectivity index (χ0) is 13.3. The molecule has 18 heavy (non-hydrogen) atoms. The van der Waals surface area contributed by atoms with E-state index in [1.165, 1.54) is 4.90 Å². The second kappa shape index (κ2) is 4.87. The van der Waals surface area contributed by atoms with Crippen molar-refractivity contribution in [3.63, 3.8) is 0 Å². The number of carbonyl (C=O) groups excluding carboxylic acids is 2. The molecule has 1 saturated heterocycles. The number of nitrogens with zero attached hydrogens (tertiary/aromatic N) is 1. The molecule has 1 atom stereocenters. The minimum Gasteiger partial charge on any atom is -0.353 e. The van der Waals surface area contributed by atoms with Gasteiger partial charge in [-0.2, -0.15) is 0 Å². The Kier molecular flexibility index (Phi) is 3.61. The minimum atomic E-state index is -3.01. The number of hydrogen-bond donors (Lipinski definition) is 1. The molecule has 0 spiro atoms. The van der Waals surface area contributed by atoms with Gasteiger partial charge in [0.1, 0.15) is 6.42 Å². The van der Waals surface area contributed by atoms with Gasteiger partial charge in [0, 0.05) is 19.1 Å². The maximum absolute atomic E-state index is 11.8. The molecule has 1 heterocycles. The number of nitrogens with one attached hydrogen (secondary N) is 1. The lowest BCUT2D eigenvalue weighted by Gasteiger charge is -2.23. The predicted octanol–water partition coefficient (Wildman–Crippen LogP) is -0.699. The van der Waals surface area contributed by atoms with Crippen LogP contribution in [-0.2, 0) is 19.4 Å². The third-order valence-electron chi connectivity index (χ3n) is 3.40. The van der Waals surface area contributed by atoms with Gasteiger partial charge < -0.3 is 10.2 Å². The average Bonchev–Trinajstić information content (AvgIpc) is 2.99. The Morgan fingerprint density at radius 3 is 2.44 bits per heavy atom. The van der Waals surface area contributed by atoms with Gasteiger partial charge in [0.25, 0.3) is 0 Å². The van der Waals surface area contributed by atoms with Crippen molar-refractivity contribution in [2.24, 2.45) is 0 Å². The summed E-state index contributed by atoms with van der Waals surface area (Å²) in [4.78, 5) is 24.7. The van der Waals surface area contributed by atoms with Crippen molar-refractivity contribution >= 4 is 21.7 Å². The summed E-state index contributed by atoms with van der Waals surface area (Å²) in [6.07, 6.45) is 2.24. The van der Waals surface area contributed by atoms with Crippen molar-refractivity contribution in [3.8, 4) is 0 Å². The van der Waals surface area contributed by atoms with Crippen molar-refractivity contribution in [2.75, 3.05) is 18.6 Å². The Bertz CT molecular complexity index is 456. The van der Waals surface area contributed by atoms with Crippen LogP contribution in [0.15, 0.2) is 0 Å². The highest BCUT2D eigenvalue weighted by Crippen LogP contribution is 2.19. The van der Waals surface area contributed by atoms with E-state index in [0.717, 1.165) is 12.8 Å². The van der Waals surface area contributed by atoms with Crippen molar-refractivity contribution < 1.29 is 18.0 Å². The lowest BCUT2D eigenvalue weighted by molar-refractivity contribution is -0.136. The molecule has 1 aliphatic carbocycles. The Hall–Kier alpha value is -1.11. The SMILES string of the molecule is CN(C(=O)CC(=O)NC1CC1)C1CCS(=O)(=O)C1. The molecule has 2 aliphatic rings. The van der Waals surface area contributed by atoms with E-state index in [0.29, 0.717) is 6.42 Å². The highest BCUT2D eigenvalue weighted by molar-refractivity contribution is 7.91. The molecule has 1 N–H and O–H groups in total. The number of carbonyl (C=O) groups is 2. The van der Waals surface area contributed by atoms with Gasteiger partial charge in [0.2, 0.25) is 11.8 Å². The fraction of sp³-hybridized carbons (Fsp3) is 0.818. The Balaban J connectivity index is 1.82. The Morgan fingerprint density at radius 1 is 1.28 bits per heavy atom. The Morgan fingerprint density at radius 2 is 1.94 bits per heavy atom. The van der Waals surface area contributed by atoms with Gasteiger partial charge >= 0.3 is 0 Å². The van der Waals surface area contributed by atoms with E-state index in [2.05, 4.69) is 5.32 Å². The monoisotopic (exact) mass is 274 g/mol. The van der Waals surface area contributed by atoms with E-state index in [-0.39, 0.29) is 41.8 Å². The highest BCUT2D eigenvalue weighted by atomic mass is 32.2. The van der Waals surface area contributed by atoms with Crippen LogP contribution in [0.1, 0.15) is 25.7 Å². The van der Waals surface area contributed by atoms with Crippen molar-refractivity contribution in [1.29, 1.82) is 0 Å². The topological polar surface area (TPSA) is 83.6 Å². The molecule has 0 bridgehead atoms. The van der Waals surface area contributed by atoms with Crippen LogP contribution < -0.4 is 5.32 Å². The number of amides is 2. The van der Waals surface area contributed by atoms with Gasteiger partial charge in [-0.1, -0.05) is 0 Å². The molecule has 1 saturated carbocycles. The predicted molar refractivity (Wildman–Crippen MR) is 65.6 cm³/mol. The third-order valence-corrected chi connectivity index (χ3v) is 5.15. The molecule has 1 aliphatic heterocycles. The fourth-order valence-electron chi connectivity index (χ4n) is 2.05. The van der Waals surface area contributed by atoms with Crippen LogP contribution in [0.4, 0.5) is 0 Å². The van der Waals surface area contributed by atoms with E-state index in [1.807, 2.05) is 0 Å². The van der Waals surface area contributed by atoms with Crippen LogP contribution in [-0.4, -0.2) is 55.8 Å². The van der Waals surface area contributed by atoms with E-state index in [9.17, 15) is 18.0 Å². The second-order valence-corrected chi connectivity index (χ2v) is 7.31. The van der Waals surface area contributed by atoms with E-state index in [1.54, 1.807) is 7.05 Å². The largest absolute Gasteiger partial charge is 0.353 e. The van der Waals surface area contributed by atoms with Crippen molar-refractivity contribution in [1.82, 2.24) is 10.2 Å². The third kappa shape index (κ3) is 3.44. The summed E-state index contributed by atoms with van der Waals surface area (Å²) in [6.45, 7) is 0. The molecule has 6 nitrogen and oxygen atoms in total. The molecule has 0 aromatic rings. The molecule has 0 aromatic heterocycles. The normalized spacial score (nSPS) is 25.7. The smallest absolute Gasteiger partial charge is 0.232 e.